The number of carbonyl (C=O) groups excluding carboxylic acids is 1. The first-order valence-corrected chi connectivity index (χ1v) is 8.82. The van der Waals surface area contributed by atoms with Crippen molar-refractivity contribution in [1.82, 2.24) is 15.1 Å². The minimum atomic E-state index is -0.656. The molecule has 23 heavy (non-hydrogen) atoms. The van der Waals surface area contributed by atoms with Gasteiger partial charge in [-0.1, -0.05) is 13.8 Å². The summed E-state index contributed by atoms with van der Waals surface area (Å²) in [5, 5.41) is 21.1. The van der Waals surface area contributed by atoms with Crippen LogP contribution in [0.25, 0.3) is 0 Å². The molecule has 0 aliphatic carbocycles. The molecule has 0 radical (unpaired) electrons. The molecule has 0 fully saturated rings. The van der Waals surface area contributed by atoms with Crippen LogP contribution in [0.1, 0.15) is 42.5 Å². The van der Waals surface area contributed by atoms with Crippen LogP contribution in [0.15, 0.2) is 16.8 Å². The maximum absolute atomic E-state index is 12.2. The van der Waals surface area contributed by atoms with Crippen molar-refractivity contribution in [2.45, 2.75) is 46.8 Å². The van der Waals surface area contributed by atoms with Crippen molar-refractivity contribution in [2.75, 3.05) is 6.54 Å². The smallest absolute Gasteiger partial charge is 0.224 e. The van der Waals surface area contributed by atoms with Crippen molar-refractivity contribution in [3.05, 3.63) is 39.3 Å². The molecule has 0 aliphatic heterocycles. The highest BCUT2D eigenvalue weighted by Crippen LogP contribution is 2.17. The summed E-state index contributed by atoms with van der Waals surface area (Å²) in [5.41, 5.74) is 3.77. The van der Waals surface area contributed by atoms with Crippen LogP contribution < -0.4 is 5.32 Å². The molecule has 1 unspecified atom stereocenters. The van der Waals surface area contributed by atoms with E-state index in [1.165, 1.54) is 11.3 Å². The summed E-state index contributed by atoms with van der Waals surface area (Å²) < 4.78 is 1.98. The summed E-state index contributed by atoms with van der Waals surface area (Å²) in [6, 6.07) is 1.87. The molecule has 2 aromatic rings. The minimum Gasteiger partial charge on any atom is -0.387 e. The van der Waals surface area contributed by atoms with Crippen molar-refractivity contribution in [1.29, 1.82) is 0 Å². The maximum atomic E-state index is 12.2. The number of aliphatic hydroxyl groups is 1. The Morgan fingerprint density at radius 1 is 1.43 bits per heavy atom. The van der Waals surface area contributed by atoms with Gasteiger partial charge in [-0.25, -0.2) is 0 Å². The fourth-order valence-electron chi connectivity index (χ4n) is 2.53. The summed E-state index contributed by atoms with van der Waals surface area (Å²) in [6.45, 7) is 9.32. The predicted octanol–water partition coefficient (Wildman–Crippen LogP) is 2.61. The lowest BCUT2D eigenvalue weighted by Gasteiger charge is -2.11. The largest absolute Gasteiger partial charge is 0.387 e. The van der Waals surface area contributed by atoms with Gasteiger partial charge in [0.15, 0.2) is 0 Å². The zero-order valence-corrected chi connectivity index (χ0v) is 15.0. The zero-order chi connectivity index (χ0) is 17.0. The number of thiophene rings is 1. The monoisotopic (exact) mass is 335 g/mol. The molecule has 126 valence electrons. The van der Waals surface area contributed by atoms with Gasteiger partial charge in [-0.3, -0.25) is 9.48 Å². The van der Waals surface area contributed by atoms with Gasteiger partial charge in [0, 0.05) is 24.3 Å². The molecule has 0 spiro atoms. The number of aliphatic hydroxyl groups excluding tert-OH is 1. The second kappa shape index (κ2) is 7.75. The Balaban J connectivity index is 1.94. The van der Waals surface area contributed by atoms with E-state index >= 15 is 0 Å². The molecule has 2 N–H and O–H groups in total. The molecule has 5 nitrogen and oxygen atoms in total. The van der Waals surface area contributed by atoms with Gasteiger partial charge in [-0.15, -0.1) is 0 Å². The lowest BCUT2D eigenvalue weighted by atomic mass is 10.1. The molecule has 6 heteroatoms. The molecular weight excluding hydrogens is 310 g/mol. The van der Waals surface area contributed by atoms with Gasteiger partial charge < -0.3 is 10.4 Å². The van der Waals surface area contributed by atoms with Crippen molar-refractivity contribution in [3.8, 4) is 0 Å². The minimum absolute atomic E-state index is 0.0884. The average molecular weight is 335 g/mol. The number of amides is 1. The average Bonchev–Trinajstić information content (AvgIpc) is 3.09. The van der Waals surface area contributed by atoms with E-state index in [-0.39, 0.29) is 12.5 Å². The summed E-state index contributed by atoms with van der Waals surface area (Å²) >= 11 is 1.53. The third-order valence-electron chi connectivity index (χ3n) is 3.83. The van der Waals surface area contributed by atoms with E-state index in [1.807, 2.05) is 35.4 Å². The topological polar surface area (TPSA) is 67.2 Å². The standard InChI is InChI=1S/C17H25N3O2S/c1-11(2)9-20-13(4)15(12(3)19-20)7-17(22)18-8-16(21)14-5-6-23-10-14/h5-6,10-11,16,21H,7-9H2,1-4H3,(H,18,22). The van der Waals surface area contributed by atoms with Gasteiger partial charge in [0.25, 0.3) is 0 Å². The highest BCUT2D eigenvalue weighted by molar-refractivity contribution is 7.07. The Kier molecular flexibility index (Phi) is 5.96. The van der Waals surface area contributed by atoms with Crippen LogP contribution >= 0.6 is 11.3 Å². The van der Waals surface area contributed by atoms with E-state index < -0.39 is 6.10 Å². The molecule has 0 saturated carbocycles. The van der Waals surface area contributed by atoms with Crippen LogP contribution in [-0.4, -0.2) is 27.3 Å². The number of nitrogens with one attached hydrogen (secondary N) is 1. The van der Waals surface area contributed by atoms with Crippen LogP contribution in [0.5, 0.6) is 0 Å². The Bertz CT molecular complexity index is 647. The van der Waals surface area contributed by atoms with Crippen LogP contribution in [0, 0.1) is 19.8 Å². The molecule has 0 saturated heterocycles. The molecule has 2 aromatic heterocycles. The highest BCUT2D eigenvalue weighted by Gasteiger charge is 2.16. The first-order valence-electron chi connectivity index (χ1n) is 7.88. The van der Waals surface area contributed by atoms with Gasteiger partial charge in [0.05, 0.1) is 18.2 Å². The van der Waals surface area contributed by atoms with Gasteiger partial charge in [0.1, 0.15) is 0 Å². The van der Waals surface area contributed by atoms with Crippen molar-refractivity contribution in [2.24, 2.45) is 5.92 Å². The van der Waals surface area contributed by atoms with Crippen molar-refractivity contribution < 1.29 is 9.90 Å². The van der Waals surface area contributed by atoms with Gasteiger partial charge in [-0.2, -0.15) is 16.4 Å². The normalized spacial score (nSPS) is 12.6. The molecule has 0 aromatic carbocycles. The Hall–Kier alpha value is -1.66. The summed E-state index contributed by atoms with van der Waals surface area (Å²) in [4.78, 5) is 12.2. The third-order valence-corrected chi connectivity index (χ3v) is 4.53. The summed E-state index contributed by atoms with van der Waals surface area (Å²) in [7, 11) is 0. The molecule has 1 amide bonds. The fourth-order valence-corrected chi connectivity index (χ4v) is 3.24. The quantitative estimate of drug-likeness (QED) is 0.817. The number of nitrogens with zero attached hydrogens (tertiary/aromatic N) is 2. The number of carbonyl (C=O) groups is 1. The van der Waals surface area contributed by atoms with Gasteiger partial charge >= 0.3 is 0 Å². The lowest BCUT2D eigenvalue weighted by Crippen LogP contribution is -2.29. The summed E-state index contributed by atoms with van der Waals surface area (Å²) in [6.07, 6.45) is -0.359. The van der Waals surface area contributed by atoms with Crippen LogP contribution in [-0.2, 0) is 17.8 Å². The molecule has 1 atom stereocenters. The number of hydrogen-bond donors (Lipinski definition) is 2. The third kappa shape index (κ3) is 4.65. The number of aromatic nitrogens is 2. The molecule has 2 heterocycles. The second-order valence-electron chi connectivity index (χ2n) is 6.28. The van der Waals surface area contributed by atoms with Crippen molar-refractivity contribution >= 4 is 17.2 Å². The van der Waals surface area contributed by atoms with Gasteiger partial charge in [-0.05, 0) is 42.2 Å². The van der Waals surface area contributed by atoms with Crippen LogP contribution in [0.3, 0.4) is 0 Å². The summed E-state index contributed by atoms with van der Waals surface area (Å²) in [5.74, 6) is 0.421. The SMILES string of the molecule is Cc1nn(CC(C)C)c(C)c1CC(=O)NCC(O)c1ccsc1. The highest BCUT2D eigenvalue weighted by atomic mass is 32.1. The number of hydrogen-bond acceptors (Lipinski definition) is 4. The second-order valence-corrected chi connectivity index (χ2v) is 7.06. The van der Waals surface area contributed by atoms with Crippen molar-refractivity contribution in [3.63, 3.8) is 0 Å². The van der Waals surface area contributed by atoms with Crippen LogP contribution in [0.4, 0.5) is 0 Å². The number of aryl methyl sites for hydroxylation is 1. The van der Waals surface area contributed by atoms with E-state index in [0.717, 1.165) is 29.1 Å². The van der Waals surface area contributed by atoms with E-state index in [2.05, 4.69) is 24.3 Å². The fraction of sp³-hybridized carbons (Fsp3) is 0.529. The maximum Gasteiger partial charge on any atom is 0.224 e. The molecule has 2 rings (SSSR count). The van der Waals surface area contributed by atoms with E-state index in [1.54, 1.807) is 0 Å². The zero-order valence-electron chi connectivity index (χ0n) is 14.2. The molecule has 0 aliphatic rings. The molecule has 0 bridgehead atoms. The first kappa shape index (κ1) is 17.7. The number of rotatable bonds is 7. The Morgan fingerprint density at radius 2 is 2.17 bits per heavy atom. The lowest BCUT2D eigenvalue weighted by molar-refractivity contribution is -0.120. The van der Waals surface area contributed by atoms with E-state index in [0.29, 0.717) is 12.3 Å². The Labute approximate surface area is 141 Å². The first-order chi connectivity index (χ1) is 10.9. The van der Waals surface area contributed by atoms with E-state index in [9.17, 15) is 9.90 Å². The van der Waals surface area contributed by atoms with Gasteiger partial charge in [0.2, 0.25) is 5.91 Å². The molecular formula is C17H25N3O2S. The van der Waals surface area contributed by atoms with Crippen LogP contribution in [0.2, 0.25) is 0 Å². The predicted molar refractivity (Wildman–Crippen MR) is 92.5 cm³/mol. The van der Waals surface area contributed by atoms with E-state index in [4.69, 9.17) is 0 Å². The Morgan fingerprint density at radius 3 is 2.78 bits per heavy atom.